The Morgan fingerprint density at radius 3 is 2.87 bits per heavy atom. The number of rotatable bonds is 5. The van der Waals surface area contributed by atoms with Crippen molar-refractivity contribution in [2.24, 2.45) is 0 Å². The molecule has 2 aliphatic rings. The van der Waals surface area contributed by atoms with Gasteiger partial charge in [0, 0.05) is 38.1 Å². The number of fused-ring (bicyclic) bond motifs is 1. The van der Waals surface area contributed by atoms with Crippen LogP contribution in [-0.4, -0.2) is 73.4 Å². The van der Waals surface area contributed by atoms with Crippen LogP contribution >= 0.6 is 11.3 Å². The molecule has 1 amide bonds. The van der Waals surface area contributed by atoms with Crippen molar-refractivity contribution < 1.29 is 14.6 Å². The molecule has 0 saturated carbocycles. The van der Waals surface area contributed by atoms with Gasteiger partial charge in [-0.1, -0.05) is 0 Å². The molecule has 1 aliphatic heterocycles. The average molecular weight is 338 g/mol. The van der Waals surface area contributed by atoms with Gasteiger partial charge in [-0.05, 0) is 37.3 Å². The molecule has 1 aromatic rings. The van der Waals surface area contributed by atoms with Gasteiger partial charge in [-0.3, -0.25) is 9.69 Å². The fraction of sp³-hybridized carbons (Fsp3) is 0.706. The summed E-state index contributed by atoms with van der Waals surface area (Å²) in [7, 11) is 1.78. The van der Waals surface area contributed by atoms with E-state index in [9.17, 15) is 9.90 Å². The maximum Gasteiger partial charge on any atom is 0.263 e. The number of hydrogen-bond acceptors (Lipinski definition) is 5. The van der Waals surface area contributed by atoms with Crippen LogP contribution in [0.3, 0.4) is 0 Å². The van der Waals surface area contributed by atoms with Crippen LogP contribution in [0.1, 0.15) is 33.0 Å². The standard InChI is InChI=1S/C17H26N2O3S/c1-18(11-14(20)12-19-6-8-22-9-7-19)17(21)16-10-13-4-2-3-5-15(13)23-16/h10,14,20H,2-9,11-12H2,1H3. The van der Waals surface area contributed by atoms with E-state index in [0.29, 0.717) is 13.1 Å². The molecule has 1 unspecified atom stereocenters. The fourth-order valence-corrected chi connectivity index (χ4v) is 4.57. The number of aliphatic hydroxyl groups excluding tert-OH is 1. The van der Waals surface area contributed by atoms with E-state index in [1.807, 2.05) is 0 Å². The Kier molecular flexibility index (Phi) is 5.69. The number of carbonyl (C=O) groups is 1. The summed E-state index contributed by atoms with van der Waals surface area (Å²) in [6.07, 6.45) is 4.15. The van der Waals surface area contributed by atoms with Crippen molar-refractivity contribution in [1.29, 1.82) is 0 Å². The SMILES string of the molecule is CN(CC(O)CN1CCOCC1)C(=O)c1cc2c(s1)CCCC2. The summed E-state index contributed by atoms with van der Waals surface area (Å²) in [6.45, 7) is 4.13. The predicted octanol–water partition coefficient (Wildman–Crippen LogP) is 1.39. The third kappa shape index (κ3) is 4.32. The number of nitrogens with zero attached hydrogens (tertiary/aromatic N) is 2. The second kappa shape index (κ2) is 7.75. The Bertz CT molecular complexity index is 516. The van der Waals surface area contributed by atoms with Crippen molar-refractivity contribution in [2.75, 3.05) is 46.4 Å². The molecule has 2 heterocycles. The van der Waals surface area contributed by atoms with E-state index < -0.39 is 6.10 Å². The lowest BCUT2D eigenvalue weighted by atomic mass is 9.99. The summed E-state index contributed by atoms with van der Waals surface area (Å²) < 4.78 is 5.31. The fourth-order valence-electron chi connectivity index (χ4n) is 3.32. The summed E-state index contributed by atoms with van der Waals surface area (Å²) in [4.78, 5) is 18.6. The lowest BCUT2D eigenvalue weighted by molar-refractivity contribution is 0.00883. The highest BCUT2D eigenvalue weighted by Gasteiger charge is 2.22. The molecular formula is C17H26N2O3S. The maximum atomic E-state index is 12.6. The zero-order valence-electron chi connectivity index (χ0n) is 13.8. The molecule has 1 saturated heterocycles. The molecule has 128 valence electrons. The van der Waals surface area contributed by atoms with Crippen molar-refractivity contribution >= 4 is 17.2 Å². The van der Waals surface area contributed by atoms with E-state index in [0.717, 1.165) is 44.0 Å². The first-order valence-electron chi connectivity index (χ1n) is 8.48. The molecule has 23 heavy (non-hydrogen) atoms. The molecule has 1 atom stereocenters. The monoisotopic (exact) mass is 338 g/mol. The summed E-state index contributed by atoms with van der Waals surface area (Å²) in [6, 6.07) is 2.06. The van der Waals surface area contributed by atoms with Crippen LogP contribution in [0.2, 0.25) is 0 Å². The van der Waals surface area contributed by atoms with E-state index in [4.69, 9.17) is 4.74 Å². The van der Waals surface area contributed by atoms with Gasteiger partial charge in [0.25, 0.3) is 5.91 Å². The van der Waals surface area contributed by atoms with Crippen LogP contribution in [0.5, 0.6) is 0 Å². The minimum atomic E-state index is -0.517. The number of β-amino-alcohol motifs (C(OH)–C–C–N with tert-alkyl or cyclic N) is 1. The van der Waals surface area contributed by atoms with Gasteiger partial charge in [0.2, 0.25) is 0 Å². The molecule has 0 bridgehead atoms. The quantitative estimate of drug-likeness (QED) is 0.882. The highest BCUT2D eigenvalue weighted by atomic mass is 32.1. The van der Waals surface area contributed by atoms with Gasteiger partial charge in [-0.25, -0.2) is 0 Å². The normalized spacial score (nSPS) is 20.1. The molecule has 1 aromatic heterocycles. The second-order valence-corrected chi connectivity index (χ2v) is 7.66. The molecule has 6 heteroatoms. The lowest BCUT2D eigenvalue weighted by Gasteiger charge is -2.30. The highest BCUT2D eigenvalue weighted by molar-refractivity contribution is 7.14. The number of aliphatic hydroxyl groups is 1. The van der Waals surface area contributed by atoms with Crippen LogP contribution in [0.25, 0.3) is 0 Å². The van der Waals surface area contributed by atoms with Gasteiger partial charge in [0.15, 0.2) is 0 Å². The molecule has 0 aromatic carbocycles. The number of morpholine rings is 1. The first kappa shape index (κ1) is 16.9. The van der Waals surface area contributed by atoms with E-state index in [1.165, 1.54) is 23.3 Å². The van der Waals surface area contributed by atoms with E-state index in [-0.39, 0.29) is 5.91 Å². The van der Waals surface area contributed by atoms with E-state index in [2.05, 4.69) is 11.0 Å². The third-order valence-corrected chi connectivity index (χ3v) is 5.84. The zero-order valence-corrected chi connectivity index (χ0v) is 14.6. The number of hydrogen-bond donors (Lipinski definition) is 1. The Morgan fingerprint density at radius 1 is 1.39 bits per heavy atom. The van der Waals surface area contributed by atoms with Gasteiger partial charge in [0.05, 0.1) is 24.2 Å². The Morgan fingerprint density at radius 2 is 2.13 bits per heavy atom. The minimum absolute atomic E-state index is 0.0328. The largest absolute Gasteiger partial charge is 0.390 e. The van der Waals surface area contributed by atoms with Gasteiger partial charge in [-0.2, -0.15) is 0 Å². The first-order chi connectivity index (χ1) is 11.1. The molecule has 3 rings (SSSR count). The van der Waals surface area contributed by atoms with E-state index in [1.54, 1.807) is 23.3 Å². The number of amides is 1. The number of thiophene rings is 1. The van der Waals surface area contributed by atoms with Crippen LogP contribution in [0.15, 0.2) is 6.07 Å². The summed E-state index contributed by atoms with van der Waals surface area (Å²) in [5.41, 5.74) is 1.35. The number of aryl methyl sites for hydroxylation is 2. The molecule has 1 N–H and O–H groups in total. The van der Waals surface area contributed by atoms with Gasteiger partial charge >= 0.3 is 0 Å². The molecule has 1 fully saturated rings. The highest BCUT2D eigenvalue weighted by Crippen LogP contribution is 2.30. The van der Waals surface area contributed by atoms with Crippen molar-refractivity contribution in [1.82, 2.24) is 9.80 Å². The van der Waals surface area contributed by atoms with Crippen molar-refractivity contribution in [3.63, 3.8) is 0 Å². The summed E-state index contributed by atoms with van der Waals surface area (Å²) in [5.74, 6) is 0.0328. The van der Waals surface area contributed by atoms with Crippen LogP contribution < -0.4 is 0 Å². The molecule has 0 radical (unpaired) electrons. The van der Waals surface area contributed by atoms with Gasteiger partial charge in [0.1, 0.15) is 0 Å². The molecular weight excluding hydrogens is 312 g/mol. The van der Waals surface area contributed by atoms with Crippen molar-refractivity contribution in [3.05, 3.63) is 21.4 Å². The maximum absolute atomic E-state index is 12.6. The minimum Gasteiger partial charge on any atom is -0.390 e. The van der Waals surface area contributed by atoms with Crippen molar-refractivity contribution in [3.8, 4) is 0 Å². The third-order valence-electron chi connectivity index (χ3n) is 4.61. The Labute approximate surface area is 141 Å². The Hall–Kier alpha value is -0.950. The number of likely N-dealkylation sites (N-methyl/N-ethyl adjacent to an activating group) is 1. The molecule has 0 spiro atoms. The first-order valence-corrected chi connectivity index (χ1v) is 9.30. The van der Waals surface area contributed by atoms with Gasteiger partial charge < -0.3 is 14.7 Å². The molecule has 1 aliphatic carbocycles. The predicted molar refractivity (Wildman–Crippen MR) is 91.2 cm³/mol. The number of ether oxygens (including phenoxy) is 1. The number of carbonyl (C=O) groups excluding carboxylic acids is 1. The van der Waals surface area contributed by atoms with Crippen LogP contribution in [0, 0.1) is 0 Å². The molecule has 5 nitrogen and oxygen atoms in total. The lowest BCUT2D eigenvalue weighted by Crippen LogP contribution is -2.44. The van der Waals surface area contributed by atoms with Gasteiger partial charge in [-0.15, -0.1) is 11.3 Å². The Balaban J connectivity index is 1.53. The zero-order chi connectivity index (χ0) is 16.2. The summed E-state index contributed by atoms with van der Waals surface area (Å²) in [5, 5.41) is 10.3. The van der Waals surface area contributed by atoms with E-state index >= 15 is 0 Å². The van der Waals surface area contributed by atoms with Crippen LogP contribution in [0.4, 0.5) is 0 Å². The smallest absolute Gasteiger partial charge is 0.263 e. The topological polar surface area (TPSA) is 53.0 Å². The summed E-state index contributed by atoms with van der Waals surface area (Å²) >= 11 is 1.63. The second-order valence-electron chi connectivity index (χ2n) is 6.52. The van der Waals surface area contributed by atoms with Crippen LogP contribution in [-0.2, 0) is 17.6 Å². The average Bonchev–Trinajstić information content (AvgIpc) is 2.98. The van der Waals surface area contributed by atoms with Crippen molar-refractivity contribution in [2.45, 2.75) is 31.8 Å².